The van der Waals surface area contributed by atoms with Crippen LogP contribution < -0.4 is 9.47 Å². The van der Waals surface area contributed by atoms with Crippen molar-refractivity contribution >= 4 is 17.8 Å². The molecule has 6 heteroatoms. The molecule has 2 rings (SSSR count). The first-order chi connectivity index (χ1) is 13.5. The van der Waals surface area contributed by atoms with Crippen molar-refractivity contribution in [2.24, 2.45) is 0 Å². The lowest BCUT2D eigenvalue weighted by Crippen LogP contribution is -2.34. The minimum atomic E-state index is -0.180. The fourth-order valence-corrected chi connectivity index (χ4v) is 2.61. The number of phenolic OH excluding ortho intramolecular Hbond substituents is 1. The number of amides is 1. The molecule has 6 nitrogen and oxygen atoms in total. The summed E-state index contributed by atoms with van der Waals surface area (Å²) in [6.07, 6.45) is 3.05. The highest BCUT2D eigenvalue weighted by atomic mass is 16.5. The molecule has 28 heavy (non-hydrogen) atoms. The Kier molecular flexibility index (Phi) is 7.63. The quantitative estimate of drug-likeness (QED) is 0.529. The second-order valence-electron chi connectivity index (χ2n) is 6.01. The van der Waals surface area contributed by atoms with Crippen molar-refractivity contribution in [1.82, 2.24) is 4.90 Å². The molecule has 0 radical (unpaired) electrons. The van der Waals surface area contributed by atoms with E-state index in [0.717, 1.165) is 0 Å². The van der Waals surface area contributed by atoms with Gasteiger partial charge in [-0.05, 0) is 61.9 Å². The van der Waals surface area contributed by atoms with Gasteiger partial charge < -0.3 is 19.5 Å². The van der Waals surface area contributed by atoms with Gasteiger partial charge in [0.2, 0.25) is 0 Å². The Morgan fingerprint density at radius 3 is 2.32 bits per heavy atom. The number of methoxy groups -OCH3 is 1. The van der Waals surface area contributed by atoms with Crippen molar-refractivity contribution < 1.29 is 24.2 Å². The Labute approximate surface area is 165 Å². The molecule has 2 aromatic carbocycles. The van der Waals surface area contributed by atoms with E-state index in [1.165, 1.54) is 19.3 Å². The maximum Gasteiger partial charge on any atom is 0.260 e. The first-order valence-electron chi connectivity index (χ1n) is 9.08. The van der Waals surface area contributed by atoms with Crippen LogP contribution in [0.2, 0.25) is 0 Å². The number of hydrogen-bond donors (Lipinski definition) is 1. The van der Waals surface area contributed by atoms with E-state index in [4.69, 9.17) is 9.47 Å². The lowest BCUT2D eigenvalue weighted by molar-refractivity contribution is -0.132. The Balaban J connectivity index is 1.96. The molecule has 148 valence electrons. The summed E-state index contributed by atoms with van der Waals surface area (Å²) in [6.45, 7) is 5.09. The minimum absolute atomic E-state index is 0.0119. The maximum absolute atomic E-state index is 12.3. The van der Waals surface area contributed by atoms with Crippen LogP contribution in [0.3, 0.4) is 0 Å². The Morgan fingerprint density at radius 2 is 1.75 bits per heavy atom. The number of carbonyl (C=O) groups excluding carboxylic acids is 2. The van der Waals surface area contributed by atoms with Gasteiger partial charge in [0.25, 0.3) is 5.91 Å². The highest BCUT2D eigenvalue weighted by molar-refractivity contribution is 6.06. The van der Waals surface area contributed by atoms with Crippen LogP contribution in [0.25, 0.3) is 6.08 Å². The molecule has 0 fully saturated rings. The Morgan fingerprint density at radius 1 is 1.07 bits per heavy atom. The van der Waals surface area contributed by atoms with E-state index in [0.29, 0.717) is 35.7 Å². The zero-order valence-corrected chi connectivity index (χ0v) is 16.3. The van der Waals surface area contributed by atoms with Crippen molar-refractivity contribution in [2.45, 2.75) is 13.8 Å². The van der Waals surface area contributed by atoms with Crippen LogP contribution in [-0.2, 0) is 4.79 Å². The van der Waals surface area contributed by atoms with Crippen molar-refractivity contribution in [3.8, 4) is 17.2 Å². The van der Waals surface area contributed by atoms with Gasteiger partial charge in [-0.25, -0.2) is 0 Å². The third-order valence-corrected chi connectivity index (χ3v) is 4.25. The lowest BCUT2D eigenvalue weighted by atomic mass is 10.1. The summed E-state index contributed by atoms with van der Waals surface area (Å²) in [7, 11) is 1.47. The molecular weight excluding hydrogens is 358 g/mol. The SMILES string of the molecule is CCN(CC)C(=O)COc1ccc(C(=O)/C=C/c2ccc(OC)c(O)c2)cc1. The molecule has 0 bridgehead atoms. The number of rotatable bonds is 9. The van der Waals surface area contributed by atoms with Gasteiger partial charge in [0, 0.05) is 18.7 Å². The number of hydrogen-bond acceptors (Lipinski definition) is 5. The van der Waals surface area contributed by atoms with Crippen LogP contribution >= 0.6 is 0 Å². The van der Waals surface area contributed by atoms with Gasteiger partial charge in [-0.2, -0.15) is 0 Å². The van der Waals surface area contributed by atoms with Gasteiger partial charge in [-0.1, -0.05) is 12.1 Å². The molecule has 0 saturated carbocycles. The topological polar surface area (TPSA) is 76.1 Å². The van der Waals surface area contributed by atoms with Crippen LogP contribution in [0.1, 0.15) is 29.8 Å². The van der Waals surface area contributed by atoms with E-state index in [1.54, 1.807) is 47.4 Å². The molecule has 0 aliphatic carbocycles. The first-order valence-corrected chi connectivity index (χ1v) is 9.08. The fraction of sp³-hybridized carbons (Fsp3) is 0.273. The number of carbonyl (C=O) groups is 2. The fourth-order valence-electron chi connectivity index (χ4n) is 2.61. The third-order valence-electron chi connectivity index (χ3n) is 4.25. The zero-order valence-electron chi connectivity index (χ0n) is 16.3. The second-order valence-corrected chi connectivity index (χ2v) is 6.01. The summed E-state index contributed by atoms with van der Waals surface area (Å²) in [5.41, 5.74) is 1.18. The van der Waals surface area contributed by atoms with Crippen LogP contribution in [-0.4, -0.2) is 48.5 Å². The summed E-state index contributed by atoms with van der Waals surface area (Å²) < 4.78 is 10.5. The normalized spacial score (nSPS) is 10.7. The number of ketones is 1. The highest BCUT2D eigenvalue weighted by Gasteiger charge is 2.10. The molecule has 0 spiro atoms. The number of allylic oxidation sites excluding steroid dienone is 1. The van der Waals surface area contributed by atoms with Crippen molar-refractivity contribution in [3.05, 3.63) is 59.7 Å². The molecule has 0 saturated heterocycles. The summed E-state index contributed by atoms with van der Waals surface area (Å²) >= 11 is 0. The lowest BCUT2D eigenvalue weighted by Gasteiger charge is -2.18. The number of benzene rings is 2. The number of phenols is 1. The highest BCUT2D eigenvalue weighted by Crippen LogP contribution is 2.26. The predicted molar refractivity (Wildman–Crippen MR) is 108 cm³/mol. The molecule has 1 N–H and O–H groups in total. The third kappa shape index (κ3) is 5.61. The number of nitrogens with zero attached hydrogens (tertiary/aromatic N) is 1. The summed E-state index contributed by atoms with van der Waals surface area (Å²) in [5.74, 6) is 0.661. The molecule has 2 aromatic rings. The molecule has 0 aromatic heterocycles. The van der Waals surface area contributed by atoms with Crippen molar-refractivity contribution in [2.75, 3.05) is 26.8 Å². The van der Waals surface area contributed by atoms with Crippen LogP contribution in [0.15, 0.2) is 48.5 Å². The monoisotopic (exact) mass is 383 g/mol. The standard InChI is InChI=1S/C22H25NO5/c1-4-23(5-2)22(26)15-28-18-10-8-17(9-11-18)19(24)12-6-16-7-13-21(27-3)20(25)14-16/h6-14,25H,4-5,15H2,1-3H3/b12-6+. The van der Waals surface area contributed by atoms with E-state index in [2.05, 4.69) is 0 Å². The van der Waals surface area contributed by atoms with E-state index < -0.39 is 0 Å². The van der Waals surface area contributed by atoms with Gasteiger partial charge >= 0.3 is 0 Å². The zero-order chi connectivity index (χ0) is 20.5. The van der Waals surface area contributed by atoms with Gasteiger partial charge in [-0.15, -0.1) is 0 Å². The van der Waals surface area contributed by atoms with Crippen LogP contribution in [0, 0.1) is 0 Å². The first kappa shape index (κ1) is 21.0. The average molecular weight is 383 g/mol. The van der Waals surface area contributed by atoms with Gasteiger partial charge in [0.1, 0.15) is 5.75 Å². The molecule has 0 unspecified atom stereocenters. The van der Waals surface area contributed by atoms with Gasteiger partial charge in [0.05, 0.1) is 7.11 Å². The molecule has 0 aliphatic heterocycles. The number of ether oxygens (including phenoxy) is 2. The van der Waals surface area contributed by atoms with Gasteiger partial charge in [-0.3, -0.25) is 9.59 Å². The Hall–Kier alpha value is -3.28. The van der Waals surface area contributed by atoms with Gasteiger partial charge in [0.15, 0.2) is 23.9 Å². The predicted octanol–water partition coefficient (Wildman–Crippen LogP) is 3.54. The van der Waals surface area contributed by atoms with E-state index in [1.807, 2.05) is 13.8 Å². The molecule has 0 aliphatic rings. The minimum Gasteiger partial charge on any atom is -0.504 e. The summed E-state index contributed by atoms with van der Waals surface area (Å²) in [5, 5.41) is 9.77. The maximum atomic E-state index is 12.3. The molecule has 0 heterocycles. The van der Waals surface area contributed by atoms with Crippen molar-refractivity contribution in [3.63, 3.8) is 0 Å². The van der Waals surface area contributed by atoms with E-state index >= 15 is 0 Å². The Bertz CT molecular complexity index is 839. The van der Waals surface area contributed by atoms with E-state index in [-0.39, 0.29) is 24.0 Å². The smallest absolute Gasteiger partial charge is 0.260 e. The summed E-state index contributed by atoms with van der Waals surface area (Å²) in [6, 6.07) is 11.5. The van der Waals surface area contributed by atoms with E-state index in [9.17, 15) is 14.7 Å². The largest absolute Gasteiger partial charge is 0.504 e. The molecule has 0 atom stereocenters. The average Bonchev–Trinajstić information content (AvgIpc) is 2.72. The summed E-state index contributed by atoms with van der Waals surface area (Å²) in [4.78, 5) is 25.9. The number of likely N-dealkylation sites (N-methyl/N-ethyl adjacent to an activating group) is 1. The molecule has 1 amide bonds. The second kappa shape index (κ2) is 10.2. The van der Waals surface area contributed by atoms with Crippen LogP contribution in [0.4, 0.5) is 0 Å². The van der Waals surface area contributed by atoms with Crippen molar-refractivity contribution in [1.29, 1.82) is 0 Å². The molecular formula is C22H25NO5. The van der Waals surface area contributed by atoms with Crippen LogP contribution in [0.5, 0.6) is 17.2 Å². The number of aromatic hydroxyl groups is 1.